The summed E-state index contributed by atoms with van der Waals surface area (Å²) in [6.07, 6.45) is 1.67. The number of hydrogen-bond acceptors (Lipinski definition) is 2. The molecule has 21 heavy (non-hydrogen) atoms. The van der Waals surface area contributed by atoms with Crippen molar-refractivity contribution in [1.82, 2.24) is 0 Å². The highest BCUT2D eigenvalue weighted by Gasteiger charge is 2.51. The smallest absolute Gasteiger partial charge is 0.235 e. The summed E-state index contributed by atoms with van der Waals surface area (Å²) in [4.78, 5) is 12.6. The SMILES string of the molecule is Cc1ccc(O)c(NC(=O)C2(c3cccc(Br)c3)CC2)c1. The van der Waals surface area contributed by atoms with Crippen LogP contribution in [0.2, 0.25) is 0 Å². The molecule has 0 heterocycles. The van der Waals surface area contributed by atoms with Gasteiger partial charge >= 0.3 is 0 Å². The number of carbonyl (C=O) groups excluding carboxylic acids is 1. The van der Waals surface area contributed by atoms with Crippen molar-refractivity contribution >= 4 is 27.5 Å². The average Bonchev–Trinajstić information content (AvgIpc) is 3.24. The van der Waals surface area contributed by atoms with Gasteiger partial charge in [0.25, 0.3) is 0 Å². The lowest BCUT2D eigenvalue weighted by Gasteiger charge is -2.17. The van der Waals surface area contributed by atoms with Gasteiger partial charge in [0.1, 0.15) is 5.75 Å². The topological polar surface area (TPSA) is 49.3 Å². The molecule has 1 saturated carbocycles. The molecule has 0 unspecified atom stereocenters. The Morgan fingerprint density at radius 1 is 1.24 bits per heavy atom. The van der Waals surface area contributed by atoms with Crippen molar-refractivity contribution in [2.45, 2.75) is 25.2 Å². The largest absolute Gasteiger partial charge is 0.506 e. The van der Waals surface area contributed by atoms with Crippen LogP contribution in [0.25, 0.3) is 0 Å². The number of rotatable bonds is 3. The van der Waals surface area contributed by atoms with E-state index < -0.39 is 5.41 Å². The molecule has 108 valence electrons. The fourth-order valence-corrected chi connectivity index (χ4v) is 2.95. The third-order valence-corrected chi connectivity index (χ3v) is 4.46. The number of halogens is 1. The highest BCUT2D eigenvalue weighted by atomic mass is 79.9. The zero-order valence-corrected chi connectivity index (χ0v) is 13.3. The third kappa shape index (κ3) is 2.68. The second-order valence-corrected chi connectivity index (χ2v) is 6.48. The van der Waals surface area contributed by atoms with Crippen LogP contribution in [0.15, 0.2) is 46.9 Å². The Kier molecular flexibility index (Phi) is 3.49. The summed E-state index contributed by atoms with van der Waals surface area (Å²) in [6, 6.07) is 13.1. The van der Waals surface area contributed by atoms with Crippen molar-refractivity contribution in [2.75, 3.05) is 5.32 Å². The predicted octanol–water partition coefficient (Wildman–Crippen LogP) is 4.13. The fraction of sp³-hybridized carbons (Fsp3) is 0.235. The van der Waals surface area contributed by atoms with E-state index >= 15 is 0 Å². The van der Waals surface area contributed by atoms with Gasteiger partial charge in [0, 0.05) is 4.47 Å². The Morgan fingerprint density at radius 2 is 2.00 bits per heavy atom. The summed E-state index contributed by atoms with van der Waals surface area (Å²) >= 11 is 3.45. The molecule has 0 spiro atoms. The highest BCUT2D eigenvalue weighted by molar-refractivity contribution is 9.10. The molecule has 0 radical (unpaired) electrons. The molecule has 0 aliphatic heterocycles. The van der Waals surface area contributed by atoms with E-state index in [4.69, 9.17) is 0 Å². The van der Waals surface area contributed by atoms with Crippen LogP contribution in [0.3, 0.4) is 0 Å². The van der Waals surface area contributed by atoms with Crippen LogP contribution in [0, 0.1) is 6.92 Å². The molecule has 3 nitrogen and oxygen atoms in total. The molecule has 0 saturated heterocycles. The van der Waals surface area contributed by atoms with Crippen LogP contribution >= 0.6 is 15.9 Å². The van der Waals surface area contributed by atoms with Crippen molar-refractivity contribution in [2.24, 2.45) is 0 Å². The van der Waals surface area contributed by atoms with E-state index in [-0.39, 0.29) is 11.7 Å². The van der Waals surface area contributed by atoms with E-state index in [1.807, 2.05) is 37.3 Å². The second kappa shape index (κ2) is 5.19. The van der Waals surface area contributed by atoms with Gasteiger partial charge in [-0.3, -0.25) is 4.79 Å². The molecule has 3 rings (SSSR count). The van der Waals surface area contributed by atoms with Gasteiger partial charge in [-0.25, -0.2) is 0 Å². The van der Waals surface area contributed by atoms with Gasteiger partial charge in [-0.1, -0.05) is 34.1 Å². The summed E-state index contributed by atoms with van der Waals surface area (Å²) < 4.78 is 0.970. The summed E-state index contributed by atoms with van der Waals surface area (Å²) in [5.41, 5.74) is 2.03. The van der Waals surface area contributed by atoms with Crippen LogP contribution in [0.1, 0.15) is 24.0 Å². The van der Waals surface area contributed by atoms with Gasteiger partial charge in [-0.15, -0.1) is 0 Å². The van der Waals surface area contributed by atoms with E-state index in [1.165, 1.54) is 0 Å². The van der Waals surface area contributed by atoms with Gasteiger partial charge in [0.15, 0.2) is 0 Å². The molecule has 0 aromatic heterocycles. The maximum Gasteiger partial charge on any atom is 0.235 e. The van der Waals surface area contributed by atoms with Crippen molar-refractivity contribution < 1.29 is 9.90 Å². The number of amides is 1. The maximum atomic E-state index is 12.6. The van der Waals surface area contributed by atoms with Crippen molar-refractivity contribution in [3.63, 3.8) is 0 Å². The minimum absolute atomic E-state index is 0.0542. The molecule has 1 fully saturated rings. The minimum Gasteiger partial charge on any atom is -0.506 e. The number of hydrogen-bond donors (Lipinski definition) is 2. The first kappa shape index (κ1) is 14.1. The summed E-state index contributed by atoms with van der Waals surface area (Å²) in [5, 5.41) is 12.7. The number of phenolic OH excluding ortho intramolecular Hbond substituents is 1. The molecule has 1 aliphatic rings. The third-order valence-electron chi connectivity index (χ3n) is 3.96. The maximum absolute atomic E-state index is 12.6. The normalized spacial score (nSPS) is 15.5. The lowest BCUT2D eigenvalue weighted by Crippen LogP contribution is -2.27. The zero-order valence-electron chi connectivity index (χ0n) is 11.7. The molecule has 4 heteroatoms. The van der Waals surface area contributed by atoms with Crippen LogP contribution in [-0.4, -0.2) is 11.0 Å². The number of carbonyl (C=O) groups is 1. The van der Waals surface area contributed by atoms with Crippen LogP contribution in [0.4, 0.5) is 5.69 Å². The Balaban J connectivity index is 1.87. The molecule has 0 bridgehead atoms. The monoisotopic (exact) mass is 345 g/mol. The molecule has 0 atom stereocenters. The molecular weight excluding hydrogens is 330 g/mol. The molecule has 2 aromatic rings. The fourth-order valence-electron chi connectivity index (χ4n) is 2.55. The lowest BCUT2D eigenvalue weighted by atomic mass is 9.95. The number of nitrogens with one attached hydrogen (secondary N) is 1. The van der Waals surface area contributed by atoms with Gasteiger partial charge in [0.2, 0.25) is 5.91 Å². The van der Waals surface area contributed by atoms with Crippen LogP contribution in [0.5, 0.6) is 5.75 Å². The molecular formula is C17H16BrNO2. The Bertz CT molecular complexity index is 708. The number of anilines is 1. The number of phenols is 1. The first-order valence-electron chi connectivity index (χ1n) is 6.88. The summed E-state index contributed by atoms with van der Waals surface area (Å²) in [7, 11) is 0. The number of benzene rings is 2. The molecule has 1 amide bonds. The van der Waals surface area contributed by atoms with E-state index in [0.717, 1.165) is 28.4 Å². The minimum atomic E-state index is -0.458. The lowest BCUT2D eigenvalue weighted by molar-refractivity contribution is -0.118. The Hall–Kier alpha value is -1.81. The van der Waals surface area contributed by atoms with Crippen molar-refractivity contribution in [1.29, 1.82) is 0 Å². The standard InChI is InChI=1S/C17H16BrNO2/c1-11-5-6-15(20)14(9-11)19-16(21)17(7-8-17)12-3-2-4-13(18)10-12/h2-6,9-10,20H,7-8H2,1H3,(H,19,21). The highest BCUT2D eigenvalue weighted by Crippen LogP contribution is 2.49. The average molecular weight is 346 g/mol. The molecule has 2 aromatic carbocycles. The van der Waals surface area contributed by atoms with Gasteiger partial charge in [-0.2, -0.15) is 0 Å². The van der Waals surface area contributed by atoms with Gasteiger partial charge in [0.05, 0.1) is 11.1 Å². The Morgan fingerprint density at radius 3 is 2.67 bits per heavy atom. The summed E-state index contributed by atoms with van der Waals surface area (Å²) in [6.45, 7) is 1.93. The Labute approximate surface area is 132 Å². The van der Waals surface area contributed by atoms with E-state index in [9.17, 15) is 9.90 Å². The summed E-state index contributed by atoms with van der Waals surface area (Å²) in [5.74, 6) is 0.0421. The second-order valence-electron chi connectivity index (χ2n) is 5.57. The molecule has 2 N–H and O–H groups in total. The zero-order chi connectivity index (χ0) is 15.0. The first-order chi connectivity index (χ1) is 10.0. The number of aryl methyl sites for hydroxylation is 1. The van der Waals surface area contributed by atoms with Crippen molar-refractivity contribution in [3.05, 3.63) is 58.1 Å². The first-order valence-corrected chi connectivity index (χ1v) is 7.68. The van der Waals surface area contributed by atoms with E-state index in [0.29, 0.717) is 5.69 Å². The van der Waals surface area contributed by atoms with E-state index in [2.05, 4.69) is 21.2 Å². The van der Waals surface area contributed by atoms with Crippen LogP contribution < -0.4 is 5.32 Å². The van der Waals surface area contributed by atoms with Gasteiger partial charge in [-0.05, 0) is 55.2 Å². The number of aromatic hydroxyl groups is 1. The van der Waals surface area contributed by atoms with E-state index in [1.54, 1.807) is 12.1 Å². The van der Waals surface area contributed by atoms with Crippen LogP contribution in [-0.2, 0) is 10.2 Å². The molecule has 1 aliphatic carbocycles. The van der Waals surface area contributed by atoms with Crippen molar-refractivity contribution in [3.8, 4) is 5.75 Å². The van der Waals surface area contributed by atoms with Gasteiger partial charge < -0.3 is 10.4 Å². The predicted molar refractivity (Wildman–Crippen MR) is 86.5 cm³/mol. The quantitative estimate of drug-likeness (QED) is 0.821.